The van der Waals surface area contributed by atoms with Crippen LogP contribution in [0.5, 0.6) is 5.75 Å². The minimum absolute atomic E-state index is 0.185. The van der Waals surface area contributed by atoms with E-state index in [1.54, 1.807) is 0 Å². The van der Waals surface area contributed by atoms with Gasteiger partial charge in [0.1, 0.15) is 18.3 Å². The third-order valence-electron chi connectivity index (χ3n) is 7.66. The molecule has 1 spiro atoms. The number of allylic oxidation sites excluding steroid dienone is 1. The molecule has 7 heteroatoms. The van der Waals surface area contributed by atoms with Crippen molar-refractivity contribution in [3.63, 3.8) is 0 Å². The number of carbonyl (C=O) groups excluding carboxylic acids is 2. The number of aliphatic imine (C=N–C) groups is 1. The Labute approximate surface area is 214 Å². The number of hydrogen-bond donors (Lipinski definition) is 0. The molecule has 5 rings (SSSR count). The summed E-state index contributed by atoms with van der Waals surface area (Å²) in [5.74, 6) is 0.729. The summed E-state index contributed by atoms with van der Waals surface area (Å²) >= 11 is 3.67. The number of nitrogens with zero attached hydrogens (tertiary/aromatic N) is 3. The lowest BCUT2D eigenvalue weighted by Gasteiger charge is -2.46. The summed E-state index contributed by atoms with van der Waals surface area (Å²) in [7, 11) is 2.06. The van der Waals surface area contributed by atoms with E-state index >= 15 is 0 Å². The van der Waals surface area contributed by atoms with E-state index in [-0.39, 0.29) is 13.1 Å². The average Bonchev–Trinajstić information content (AvgIpc) is 3.02. The van der Waals surface area contributed by atoms with E-state index in [4.69, 9.17) is 9.73 Å². The molecule has 0 saturated heterocycles. The molecule has 1 atom stereocenters. The maximum absolute atomic E-state index is 11.3. The lowest BCUT2D eigenvalue weighted by molar-refractivity contribution is -0.111. The van der Waals surface area contributed by atoms with Gasteiger partial charge in [0.2, 0.25) is 5.72 Å². The van der Waals surface area contributed by atoms with E-state index in [9.17, 15) is 9.59 Å². The van der Waals surface area contributed by atoms with Crippen LogP contribution in [0.25, 0.3) is 6.08 Å². The number of benzene rings is 2. The standard InChI is InChI=1S/C28H30BrN3O3/c1-27(2)24-20(16-29)8-6-10-23(24)31(3)28(27)18-30-25-22-9-5-4-7-19(22)15-21(26(25)35-28)17-32(11-13-33)12-14-34/h5-6,8-10,13-15,18H,4,7,11-12,16-17H2,1-3H3. The van der Waals surface area contributed by atoms with Gasteiger partial charge in [-0.3, -0.25) is 9.89 Å². The second-order valence-electron chi connectivity index (χ2n) is 9.94. The Morgan fingerprint density at radius 1 is 1.20 bits per heavy atom. The molecule has 35 heavy (non-hydrogen) atoms. The number of likely N-dealkylation sites (N-methyl/N-ethyl adjacent to an activating group) is 1. The lowest BCUT2D eigenvalue weighted by atomic mass is 9.75. The summed E-state index contributed by atoms with van der Waals surface area (Å²) in [4.78, 5) is 31.7. The third kappa shape index (κ3) is 3.59. The van der Waals surface area contributed by atoms with Crippen molar-refractivity contribution in [1.82, 2.24) is 4.90 Å². The van der Waals surface area contributed by atoms with Gasteiger partial charge in [-0.2, -0.15) is 0 Å². The molecule has 2 aliphatic heterocycles. The van der Waals surface area contributed by atoms with E-state index < -0.39 is 11.1 Å². The topological polar surface area (TPSA) is 62.2 Å². The molecule has 0 saturated carbocycles. The molecule has 6 nitrogen and oxygen atoms in total. The highest BCUT2D eigenvalue weighted by molar-refractivity contribution is 9.08. The SMILES string of the molecule is CN1c2cccc(CBr)c2C(C)(C)C12C=Nc1c3c(cc(CN(CC=O)CC=O)c1O2)CCC=C3. The summed E-state index contributed by atoms with van der Waals surface area (Å²) in [6.07, 6.45) is 9.86. The molecule has 182 valence electrons. The molecule has 1 unspecified atom stereocenters. The Morgan fingerprint density at radius 3 is 2.69 bits per heavy atom. The van der Waals surface area contributed by atoms with Gasteiger partial charge in [0, 0.05) is 35.7 Å². The largest absolute Gasteiger partial charge is 0.459 e. The van der Waals surface area contributed by atoms with Crippen LogP contribution < -0.4 is 9.64 Å². The summed E-state index contributed by atoms with van der Waals surface area (Å²) in [5.41, 5.74) is 6.50. The zero-order chi connectivity index (χ0) is 24.8. The van der Waals surface area contributed by atoms with Gasteiger partial charge in [-0.1, -0.05) is 46.3 Å². The Balaban J connectivity index is 1.67. The maximum atomic E-state index is 11.3. The average molecular weight is 536 g/mol. The molecule has 2 aromatic carbocycles. The Hall–Kier alpha value is -2.77. The first-order valence-electron chi connectivity index (χ1n) is 12.0. The molecule has 3 aliphatic rings. The second-order valence-corrected chi connectivity index (χ2v) is 10.5. The van der Waals surface area contributed by atoms with Gasteiger partial charge < -0.3 is 19.2 Å². The molecule has 2 aromatic rings. The number of fused-ring (bicyclic) bond motifs is 4. The summed E-state index contributed by atoms with van der Waals surface area (Å²) < 4.78 is 7.07. The molecule has 0 N–H and O–H groups in total. The first-order valence-corrected chi connectivity index (χ1v) is 13.1. The van der Waals surface area contributed by atoms with Gasteiger partial charge in [-0.15, -0.1) is 0 Å². The predicted molar refractivity (Wildman–Crippen MR) is 143 cm³/mol. The van der Waals surface area contributed by atoms with Crippen LogP contribution in [0.2, 0.25) is 0 Å². The number of alkyl halides is 1. The predicted octanol–water partition coefficient (Wildman–Crippen LogP) is 4.96. The van der Waals surface area contributed by atoms with E-state index in [0.717, 1.165) is 59.0 Å². The number of rotatable bonds is 7. The highest BCUT2D eigenvalue weighted by Crippen LogP contribution is 2.56. The van der Waals surface area contributed by atoms with Gasteiger partial charge in [0.05, 0.1) is 24.7 Å². The molecule has 0 fully saturated rings. The fraction of sp³-hybridized carbons (Fsp3) is 0.393. The van der Waals surface area contributed by atoms with Crippen molar-refractivity contribution in [2.45, 2.75) is 49.7 Å². The van der Waals surface area contributed by atoms with Gasteiger partial charge in [0.25, 0.3) is 0 Å². The van der Waals surface area contributed by atoms with Crippen molar-refractivity contribution in [3.8, 4) is 5.75 Å². The number of carbonyl (C=O) groups is 2. The molecular weight excluding hydrogens is 506 g/mol. The molecule has 2 heterocycles. The molecular formula is C28H30BrN3O3. The van der Waals surface area contributed by atoms with Crippen LogP contribution >= 0.6 is 15.9 Å². The molecule has 0 amide bonds. The molecule has 0 radical (unpaired) electrons. The zero-order valence-corrected chi connectivity index (χ0v) is 22.0. The molecule has 0 aromatic heterocycles. The zero-order valence-electron chi connectivity index (χ0n) is 20.4. The second kappa shape index (κ2) is 9.03. The number of aldehydes is 2. The summed E-state index contributed by atoms with van der Waals surface area (Å²) in [6, 6.07) is 8.54. The monoisotopic (exact) mass is 535 g/mol. The number of halogens is 1. The normalized spacial score (nSPS) is 21.0. The number of aryl methyl sites for hydroxylation is 1. The van der Waals surface area contributed by atoms with Crippen molar-refractivity contribution in [2.75, 3.05) is 25.0 Å². The maximum Gasteiger partial charge on any atom is 0.228 e. The number of anilines is 1. The Bertz CT molecular complexity index is 1240. The van der Waals surface area contributed by atoms with Crippen LogP contribution in [-0.2, 0) is 33.3 Å². The first kappa shape index (κ1) is 23.9. The minimum Gasteiger partial charge on any atom is -0.459 e. The van der Waals surface area contributed by atoms with Crippen LogP contribution in [-0.4, -0.2) is 49.5 Å². The highest BCUT2D eigenvalue weighted by atomic mass is 79.9. The van der Waals surface area contributed by atoms with Crippen molar-refractivity contribution >= 4 is 52.2 Å². The fourth-order valence-corrected chi connectivity index (χ4v) is 6.35. The lowest BCUT2D eigenvalue weighted by Crippen LogP contribution is -2.61. The van der Waals surface area contributed by atoms with Crippen LogP contribution in [0, 0.1) is 0 Å². The fourth-order valence-electron chi connectivity index (χ4n) is 5.88. The smallest absolute Gasteiger partial charge is 0.228 e. The van der Waals surface area contributed by atoms with Crippen LogP contribution in [0.1, 0.15) is 48.1 Å². The minimum atomic E-state index is -0.817. The quantitative estimate of drug-likeness (QED) is 0.370. The molecule has 0 bridgehead atoms. The number of hydrogen-bond acceptors (Lipinski definition) is 6. The van der Waals surface area contributed by atoms with Gasteiger partial charge in [-0.25, -0.2) is 0 Å². The highest BCUT2D eigenvalue weighted by Gasteiger charge is 2.59. The van der Waals surface area contributed by atoms with Crippen LogP contribution in [0.3, 0.4) is 0 Å². The third-order valence-corrected chi connectivity index (χ3v) is 8.26. The Kier molecular flexibility index (Phi) is 6.18. The Morgan fingerprint density at radius 2 is 1.97 bits per heavy atom. The van der Waals surface area contributed by atoms with E-state index in [2.05, 4.69) is 78.1 Å². The van der Waals surface area contributed by atoms with Crippen molar-refractivity contribution < 1.29 is 14.3 Å². The van der Waals surface area contributed by atoms with E-state index in [1.807, 2.05) is 11.1 Å². The first-order chi connectivity index (χ1) is 16.9. The van der Waals surface area contributed by atoms with Gasteiger partial charge >= 0.3 is 0 Å². The van der Waals surface area contributed by atoms with Gasteiger partial charge in [-0.05, 0) is 49.4 Å². The van der Waals surface area contributed by atoms with Gasteiger partial charge in [0.15, 0.2) is 5.75 Å². The van der Waals surface area contributed by atoms with Crippen molar-refractivity contribution in [1.29, 1.82) is 0 Å². The molecule has 1 aliphatic carbocycles. The van der Waals surface area contributed by atoms with Crippen molar-refractivity contribution in [3.05, 3.63) is 58.2 Å². The number of ether oxygens (including phenoxy) is 1. The van der Waals surface area contributed by atoms with Crippen LogP contribution in [0.15, 0.2) is 35.3 Å². The summed E-state index contributed by atoms with van der Waals surface area (Å²) in [5, 5.41) is 0.757. The van der Waals surface area contributed by atoms with Crippen LogP contribution in [0.4, 0.5) is 11.4 Å². The summed E-state index contributed by atoms with van der Waals surface area (Å²) in [6.45, 7) is 5.23. The van der Waals surface area contributed by atoms with E-state index in [1.165, 1.54) is 16.7 Å². The van der Waals surface area contributed by atoms with E-state index in [0.29, 0.717) is 6.54 Å². The van der Waals surface area contributed by atoms with Crippen molar-refractivity contribution in [2.24, 2.45) is 4.99 Å².